The van der Waals surface area contributed by atoms with E-state index in [-0.39, 0.29) is 28.4 Å². The number of carbonyl (C=O) groups excluding carboxylic acids is 2. The molecule has 5 heteroatoms. The fraction of sp³-hybridized carbons (Fsp3) is 0.833. The Kier molecular flexibility index (Phi) is 5.94. The van der Waals surface area contributed by atoms with Crippen LogP contribution in [0.5, 0.6) is 0 Å². The second-order valence-electron chi connectivity index (χ2n) is 11.7. The van der Waals surface area contributed by atoms with Crippen molar-refractivity contribution in [2.45, 2.75) is 92.1 Å². The van der Waals surface area contributed by atoms with E-state index in [0.29, 0.717) is 30.6 Å². The van der Waals surface area contributed by atoms with Crippen LogP contribution in [0.1, 0.15) is 86.5 Å². The van der Waals surface area contributed by atoms with Gasteiger partial charge in [0.2, 0.25) is 5.91 Å². The molecule has 0 saturated heterocycles. The molecule has 1 amide bonds. The first-order chi connectivity index (χ1) is 13.3. The lowest BCUT2D eigenvalue weighted by Gasteiger charge is -2.57. The van der Waals surface area contributed by atoms with Gasteiger partial charge in [-0.2, -0.15) is 0 Å². The van der Waals surface area contributed by atoms with Gasteiger partial charge in [-0.25, -0.2) is 0 Å². The summed E-state index contributed by atoms with van der Waals surface area (Å²) in [5.74, 6) is 1.37. The van der Waals surface area contributed by atoms with Crippen LogP contribution in [-0.2, 0) is 9.59 Å². The van der Waals surface area contributed by atoms with Crippen molar-refractivity contribution in [3.63, 3.8) is 0 Å². The molecule has 5 nitrogen and oxygen atoms in total. The number of ketones is 1. The van der Waals surface area contributed by atoms with Crippen molar-refractivity contribution >= 4 is 11.7 Å². The first kappa shape index (κ1) is 22.3. The maximum Gasteiger partial charge on any atom is 0.238 e. The lowest BCUT2D eigenvalue weighted by molar-refractivity contribution is -0.149. The predicted molar refractivity (Wildman–Crippen MR) is 115 cm³/mol. The molecule has 2 saturated carbocycles. The van der Waals surface area contributed by atoms with Crippen molar-refractivity contribution in [3.05, 3.63) is 11.8 Å². The molecule has 0 aromatic carbocycles. The highest BCUT2D eigenvalue weighted by atomic mass is 16.3. The standard InChI is InChI=1S/C24H40N2O3/c1-15-7-9-23(4,5)18-8-10-24(6,29)19(21(15)18)12-20(28)26-25-16-11-17(27)14-22(2,3)13-16/h11,15,18-19,21,25,29H,7-10,12-14H2,1-6H3,(H,26,28)/t15-,18?,19?,21?,24?/m0/s1. The van der Waals surface area contributed by atoms with Gasteiger partial charge in [0.15, 0.2) is 5.78 Å². The molecule has 0 radical (unpaired) electrons. The molecular weight excluding hydrogens is 364 g/mol. The number of rotatable bonds is 4. The number of hydrogen-bond donors (Lipinski definition) is 3. The highest BCUT2D eigenvalue weighted by Crippen LogP contribution is 2.57. The van der Waals surface area contributed by atoms with E-state index in [1.807, 2.05) is 6.92 Å². The summed E-state index contributed by atoms with van der Waals surface area (Å²) < 4.78 is 0. The summed E-state index contributed by atoms with van der Waals surface area (Å²) >= 11 is 0. The summed E-state index contributed by atoms with van der Waals surface area (Å²) in [5.41, 5.74) is 5.90. The fourth-order valence-electron chi connectivity index (χ4n) is 6.39. The normalized spacial score (nSPS) is 38.6. The van der Waals surface area contributed by atoms with Crippen molar-refractivity contribution < 1.29 is 14.7 Å². The Balaban J connectivity index is 1.68. The van der Waals surface area contributed by atoms with E-state index in [4.69, 9.17) is 0 Å². The minimum atomic E-state index is -0.817. The summed E-state index contributed by atoms with van der Waals surface area (Å²) in [7, 11) is 0. The minimum absolute atomic E-state index is 0.0453. The zero-order chi connectivity index (χ0) is 21.6. The van der Waals surface area contributed by atoms with Gasteiger partial charge in [0.05, 0.1) is 5.60 Å². The van der Waals surface area contributed by atoms with E-state index in [1.165, 1.54) is 6.42 Å². The molecule has 164 valence electrons. The van der Waals surface area contributed by atoms with Gasteiger partial charge in [0.1, 0.15) is 0 Å². The number of hydrazine groups is 1. The van der Waals surface area contributed by atoms with Gasteiger partial charge in [0, 0.05) is 24.6 Å². The summed E-state index contributed by atoms with van der Waals surface area (Å²) in [6, 6.07) is 0. The molecule has 4 unspecified atom stereocenters. The van der Waals surface area contributed by atoms with Crippen LogP contribution in [0.15, 0.2) is 11.8 Å². The molecule has 0 aromatic heterocycles. The van der Waals surface area contributed by atoms with Crippen LogP contribution >= 0.6 is 0 Å². The first-order valence-electron chi connectivity index (χ1n) is 11.3. The molecule has 0 aliphatic heterocycles. The topological polar surface area (TPSA) is 78.4 Å². The van der Waals surface area contributed by atoms with Crippen LogP contribution in [0.4, 0.5) is 0 Å². The van der Waals surface area contributed by atoms with Crippen LogP contribution in [0.25, 0.3) is 0 Å². The van der Waals surface area contributed by atoms with Crippen LogP contribution in [0, 0.1) is 34.5 Å². The average molecular weight is 405 g/mol. The zero-order valence-electron chi connectivity index (χ0n) is 19.1. The van der Waals surface area contributed by atoms with E-state index in [1.54, 1.807) is 6.08 Å². The fourth-order valence-corrected chi connectivity index (χ4v) is 6.39. The lowest BCUT2D eigenvalue weighted by atomic mass is 9.49. The summed E-state index contributed by atoms with van der Waals surface area (Å²) in [4.78, 5) is 24.8. The highest BCUT2D eigenvalue weighted by Gasteiger charge is 2.53. The van der Waals surface area contributed by atoms with Crippen molar-refractivity contribution in [2.24, 2.45) is 34.5 Å². The Bertz CT molecular complexity index is 692. The maximum atomic E-state index is 12.8. The van der Waals surface area contributed by atoms with Crippen LogP contribution in [-0.4, -0.2) is 22.4 Å². The number of aliphatic hydroxyl groups is 1. The monoisotopic (exact) mass is 404 g/mol. The van der Waals surface area contributed by atoms with E-state index < -0.39 is 5.60 Å². The van der Waals surface area contributed by atoms with E-state index in [2.05, 4.69) is 45.5 Å². The Hall–Kier alpha value is -1.36. The maximum absolute atomic E-state index is 12.8. The Morgan fingerprint density at radius 1 is 1.14 bits per heavy atom. The second-order valence-corrected chi connectivity index (χ2v) is 11.7. The number of hydrogen-bond acceptors (Lipinski definition) is 4. The van der Waals surface area contributed by atoms with E-state index in [0.717, 1.165) is 31.4 Å². The Morgan fingerprint density at radius 3 is 2.48 bits per heavy atom. The molecule has 0 bridgehead atoms. The third-order valence-electron chi connectivity index (χ3n) is 8.02. The molecule has 3 rings (SSSR count). The number of allylic oxidation sites excluding steroid dienone is 2. The van der Waals surface area contributed by atoms with Crippen LogP contribution in [0.3, 0.4) is 0 Å². The zero-order valence-corrected chi connectivity index (χ0v) is 19.1. The number of amides is 1. The number of carbonyl (C=O) groups is 2. The molecular formula is C24H40N2O3. The molecule has 0 aromatic rings. The summed E-state index contributed by atoms with van der Waals surface area (Å²) in [6.45, 7) is 13.0. The molecule has 3 aliphatic rings. The Labute approximate surface area is 176 Å². The van der Waals surface area contributed by atoms with Gasteiger partial charge in [-0.15, -0.1) is 0 Å². The minimum Gasteiger partial charge on any atom is -0.390 e. The first-order valence-corrected chi connectivity index (χ1v) is 11.3. The number of fused-ring (bicyclic) bond motifs is 1. The second kappa shape index (κ2) is 7.72. The number of nitrogens with one attached hydrogen (secondary N) is 2. The van der Waals surface area contributed by atoms with Crippen molar-refractivity contribution in [1.29, 1.82) is 0 Å². The molecule has 0 spiro atoms. The van der Waals surface area contributed by atoms with Crippen molar-refractivity contribution in [2.75, 3.05) is 0 Å². The van der Waals surface area contributed by atoms with Gasteiger partial charge < -0.3 is 10.5 Å². The summed E-state index contributed by atoms with van der Waals surface area (Å²) in [6.07, 6.45) is 7.35. The molecule has 3 N–H and O–H groups in total. The third kappa shape index (κ3) is 4.87. The summed E-state index contributed by atoms with van der Waals surface area (Å²) in [5, 5.41) is 11.2. The SMILES string of the molecule is C[C@H]1CCC(C)(C)C2CCC(C)(O)C(CC(=O)NNC3=CC(=O)CC(C)(C)C3)C21. The molecule has 3 aliphatic carbocycles. The van der Waals surface area contributed by atoms with Crippen LogP contribution in [0.2, 0.25) is 0 Å². The smallest absolute Gasteiger partial charge is 0.238 e. The largest absolute Gasteiger partial charge is 0.390 e. The lowest BCUT2D eigenvalue weighted by Crippen LogP contribution is -2.55. The molecule has 2 fully saturated rings. The molecule has 0 heterocycles. The highest BCUT2D eigenvalue weighted by molar-refractivity contribution is 5.91. The average Bonchev–Trinajstić information content (AvgIpc) is 2.56. The van der Waals surface area contributed by atoms with Gasteiger partial charge in [-0.05, 0) is 73.5 Å². The molecule has 29 heavy (non-hydrogen) atoms. The third-order valence-corrected chi connectivity index (χ3v) is 8.02. The van der Waals surface area contributed by atoms with Gasteiger partial charge in [0.25, 0.3) is 0 Å². The van der Waals surface area contributed by atoms with Crippen molar-refractivity contribution in [1.82, 2.24) is 10.9 Å². The predicted octanol–water partition coefficient (Wildman–Crippen LogP) is 4.12. The van der Waals surface area contributed by atoms with Gasteiger partial charge in [-0.1, -0.05) is 34.6 Å². The van der Waals surface area contributed by atoms with Gasteiger partial charge >= 0.3 is 0 Å². The quantitative estimate of drug-likeness (QED) is 0.616. The Morgan fingerprint density at radius 2 is 1.83 bits per heavy atom. The van der Waals surface area contributed by atoms with Gasteiger partial charge in [-0.3, -0.25) is 15.0 Å². The van der Waals surface area contributed by atoms with E-state index in [9.17, 15) is 14.7 Å². The van der Waals surface area contributed by atoms with Crippen molar-refractivity contribution in [3.8, 4) is 0 Å². The van der Waals surface area contributed by atoms with E-state index >= 15 is 0 Å². The molecule has 5 atom stereocenters. The van der Waals surface area contributed by atoms with Crippen LogP contribution < -0.4 is 10.9 Å².